The van der Waals surface area contributed by atoms with E-state index >= 15 is 0 Å². The minimum Gasteiger partial charge on any atom is -0.338 e. The number of hydrogen-bond donors (Lipinski definition) is 2. The average molecular weight is 387 g/mol. The van der Waals surface area contributed by atoms with E-state index in [9.17, 15) is 9.18 Å². The van der Waals surface area contributed by atoms with Crippen molar-refractivity contribution in [3.05, 3.63) is 69.8 Å². The molecule has 2 N–H and O–H groups in total. The van der Waals surface area contributed by atoms with Gasteiger partial charge < -0.3 is 4.52 Å². The molecular formula is C20H22FN3O2S. The molecule has 5 nitrogen and oxygen atoms in total. The number of carbonyl (C=O) groups excluding carboxylic acids is 1. The van der Waals surface area contributed by atoms with Crippen molar-refractivity contribution in [2.24, 2.45) is 0 Å². The quantitative estimate of drug-likeness (QED) is 0.654. The van der Waals surface area contributed by atoms with E-state index in [4.69, 9.17) is 4.52 Å². The molecule has 0 aliphatic rings. The molecule has 1 unspecified atom stereocenters. The van der Waals surface area contributed by atoms with E-state index in [1.807, 2.05) is 38.3 Å². The van der Waals surface area contributed by atoms with Gasteiger partial charge in [-0.2, -0.15) is 0 Å². The van der Waals surface area contributed by atoms with Crippen LogP contribution in [0.5, 0.6) is 0 Å². The maximum absolute atomic E-state index is 13.2. The Kier molecular flexibility index (Phi) is 5.72. The number of hydrogen-bond acceptors (Lipinski definition) is 5. The fourth-order valence-electron chi connectivity index (χ4n) is 2.56. The standard InChI is InChI=1S/C20H22FN3O2S/c1-20(2,3)16-11-18(26-24-16)23-17(25)12-22-19(15-5-4-10-27-15)13-6-8-14(21)9-7-13/h4-11,19,22H,12H2,1-3H3,(H,23,25). The van der Waals surface area contributed by atoms with Crippen molar-refractivity contribution in [2.75, 3.05) is 11.9 Å². The molecule has 142 valence electrons. The summed E-state index contributed by atoms with van der Waals surface area (Å²) >= 11 is 1.58. The zero-order valence-corrected chi connectivity index (χ0v) is 16.3. The first-order valence-electron chi connectivity index (χ1n) is 8.62. The Morgan fingerprint density at radius 1 is 1.26 bits per heavy atom. The first-order valence-corrected chi connectivity index (χ1v) is 9.50. The number of rotatable bonds is 6. The summed E-state index contributed by atoms with van der Waals surface area (Å²) < 4.78 is 18.4. The number of nitrogens with one attached hydrogen (secondary N) is 2. The minimum absolute atomic E-state index is 0.0749. The molecule has 27 heavy (non-hydrogen) atoms. The predicted molar refractivity (Wildman–Crippen MR) is 104 cm³/mol. The van der Waals surface area contributed by atoms with E-state index in [-0.39, 0.29) is 29.7 Å². The summed E-state index contributed by atoms with van der Waals surface area (Å²) in [5, 5.41) is 11.9. The van der Waals surface area contributed by atoms with Gasteiger partial charge in [-0.3, -0.25) is 15.4 Å². The van der Waals surface area contributed by atoms with Crippen LogP contribution < -0.4 is 10.6 Å². The van der Waals surface area contributed by atoms with Crippen molar-refractivity contribution >= 4 is 23.1 Å². The largest absolute Gasteiger partial charge is 0.338 e. The lowest BCUT2D eigenvalue weighted by molar-refractivity contribution is -0.115. The second kappa shape index (κ2) is 8.02. The number of halogens is 1. The third-order valence-corrected chi connectivity index (χ3v) is 4.98. The smallest absolute Gasteiger partial charge is 0.240 e. The van der Waals surface area contributed by atoms with Gasteiger partial charge in [0.1, 0.15) is 5.82 Å². The van der Waals surface area contributed by atoms with Gasteiger partial charge in [-0.05, 0) is 29.1 Å². The Balaban J connectivity index is 1.66. The second-order valence-electron chi connectivity index (χ2n) is 7.26. The molecule has 0 saturated carbocycles. The number of thiophene rings is 1. The van der Waals surface area contributed by atoms with Gasteiger partial charge in [-0.1, -0.05) is 44.1 Å². The van der Waals surface area contributed by atoms with Crippen LogP contribution in [0, 0.1) is 5.82 Å². The van der Waals surface area contributed by atoms with Crippen LogP contribution in [0.2, 0.25) is 0 Å². The topological polar surface area (TPSA) is 67.2 Å². The zero-order valence-electron chi connectivity index (χ0n) is 15.5. The summed E-state index contributed by atoms with van der Waals surface area (Å²) in [5.41, 5.74) is 1.51. The van der Waals surface area contributed by atoms with E-state index in [1.165, 1.54) is 12.1 Å². The SMILES string of the molecule is CC(C)(C)c1cc(NC(=O)CNC(c2ccc(F)cc2)c2cccs2)on1. The molecule has 0 spiro atoms. The predicted octanol–water partition coefficient (Wildman–Crippen LogP) is 4.49. The average Bonchev–Trinajstić information content (AvgIpc) is 3.28. The molecule has 2 aromatic heterocycles. The van der Waals surface area contributed by atoms with Crippen molar-refractivity contribution in [1.29, 1.82) is 0 Å². The molecule has 0 aliphatic carbocycles. The Morgan fingerprint density at radius 2 is 2.00 bits per heavy atom. The first-order chi connectivity index (χ1) is 12.8. The highest BCUT2D eigenvalue weighted by molar-refractivity contribution is 7.10. The lowest BCUT2D eigenvalue weighted by Crippen LogP contribution is -2.31. The Morgan fingerprint density at radius 3 is 2.59 bits per heavy atom. The summed E-state index contributed by atoms with van der Waals surface area (Å²) in [6.07, 6.45) is 0. The molecule has 1 aromatic carbocycles. The van der Waals surface area contributed by atoms with Crippen molar-refractivity contribution in [3.63, 3.8) is 0 Å². The van der Waals surface area contributed by atoms with Crippen molar-refractivity contribution in [2.45, 2.75) is 32.2 Å². The van der Waals surface area contributed by atoms with Gasteiger partial charge in [0.25, 0.3) is 0 Å². The van der Waals surface area contributed by atoms with E-state index < -0.39 is 0 Å². The molecule has 0 fully saturated rings. The summed E-state index contributed by atoms with van der Waals surface area (Å²) in [6, 6.07) is 11.7. The van der Waals surface area contributed by atoms with Crippen LogP contribution in [0.15, 0.2) is 52.4 Å². The van der Waals surface area contributed by atoms with Crippen LogP contribution in [0.3, 0.4) is 0 Å². The summed E-state index contributed by atoms with van der Waals surface area (Å²) in [6.45, 7) is 6.14. The van der Waals surface area contributed by atoms with Crippen molar-refractivity contribution in [3.8, 4) is 0 Å². The van der Waals surface area contributed by atoms with Gasteiger partial charge in [-0.25, -0.2) is 4.39 Å². The Labute approximate surface area is 161 Å². The molecule has 1 amide bonds. The zero-order chi connectivity index (χ0) is 19.4. The van der Waals surface area contributed by atoms with Gasteiger partial charge >= 0.3 is 0 Å². The second-order valence-corrected chi connectivity index (χ2v) is 8.23. The molecule has 0 bridgehead atoms. The maximum Gasteiger partial charge on any atom is 0.240 e. The van der Waals surface area contributed by atoms with Crippen LogP contribution in [0.1, 0.15) is 42.9 Å². The molecule has 7 heteroatoms. The first kappa shape index (κ1) is 19.3. The molecule has 0 saturated heterocycles. The molecular weight excluding hydrogens is 365 g/mol. The van der Waals surface area contributed by atoms with E-state index in [0.29, 0.717) is 5.88 Å². The Bertz CT molecular complexity index is 883. The minimum atomic E-state index is -0.290. The molecule has 0 radical (unpaired) electrons. The number of nitrogens with zero attached hydrogens (tertiary/aromatic N) is 1. The monoisotopic (exact) mass is 387 g/mol. The van der Waals surface area contributed by atoms with Crippen LogP contribution in [0.25, 0.3) is 0 Å². The summed E-state index contributed by atoms with van der Waals surface area (Å²) in [5.74, 6) is -0.210. The summed E-state index contributed by atoms with van der Waals surface area (Å²) in [4.78, 5) is 13.4. The highest BCUT2D eigenvalue weighted by atomic mass is 32.1. The molecule has 3 aromatic rings. The number of amides is 1. The lowest BCUT2D eigenvalue weighted by atomic mass is 9.92. The molecule has 3 rings (SSSR count). The molecule has 1 atom stereocenters. The van der Waals surface area contributed by atoms with Gasteiger partial charge in [0, 0.05) is 16.4 Å². The van der Waals surface area contributed by atoms with Gasteiger partial charge in [0.05, 0.1) is 18.3 Å². The maximum atomic E-state index is 13.2. The number of carbonyl (C=O) groups is 1. The van der Waals surface area contributed by atoms with Crippen LogP contribution >= 0.6 is 11.3 Å². The van der Waals surface area contributed by atoms with E-state index in [2.05, 4.69) is 15.8 Å². The van der Waals surface area contributed by atoms with Crippen molar-refractivity contribution in [1.82, 2.24) is 10.5 Å². The number of aromatic nitrogens is 1. The highest BCUT2D eigenvalue weighted by Gasteiger charge is 2.20. The Hall–Kier alpha value is -2.51. The fraction of sp³-hybridized carbons (Fsp3) is 0.300. The van der Waals surface area contributed by atoms with Gasteiger partial charge in [0.2, 0.25) is 11.8 Å². The highest BCUT2D eigenvalue weighted by Crippen LogP contribution is 2.26. The molecule has 0 aliphatic heterocycles. The normalized spacial score (nSPS) is 12.7. The van der Waals surface area contributed by atoms with E-state index in [1.54, 1.807) is 29.5 Å². The van der Waals surface area contributed by atoms with Crippen molar-refractivity contribution < 1.29 is 13.7 Å². The van der Waals surface area contributed by atoms with E-state index in [0.717, 1.165) is 16.1 Å². The molecule has 2 heterocycles. The van der Waals surface area contributed by atoms with Crippen LogP contribution in [0.4, 0.5) is 10.3 Å². The third kappa shape index (κ3) is 5.02. The number of benzene rings is 1. The summed E-state index contributed by atoms with van der Waals surface area (Å²) in [7, 11) is 0. The van der Waals surface area contributed by atoms with Crippen LogP contribution in [-0.4, -0.2) is 17.6 Å². The number of anilines is 1. The third-order valence-electron chi connectivity index (χ3n) is 4.04. The van der Waals surface area contributed by atoms with Gasteiger partial charge in [0.15, 0.2) is 0 Å². The lowest BCUT2D eigenvalue weighted by Gasteiger charge is -2.17. The fourth-order valence-corrected chi connectivity index (χ4v) is 3.38. The van der Waals surface area contributed by atoms with Gasteiger partial charge in [-0.15, -0.1) is 11.3 Å². The van der Waals surface area contributed by atoms with Crippen LogP contribution in [-0.2, 0) is 10.2 Å².